The summed E-state index contributed by atoms with van der Waals surface area (Å²) in [5, 5.41) is 9.05. The monoisotopic (exact) mass is 228 g/mol. The van der Waals surface area contributed by atoms with Gasteiger partial charge >= 0.3 is 11.9 Å². The Labute approximate surface area is 96.0 Å². The molecule has 0 spiro atoms. The van der Waals surface area contributed by atoms with Gasteiger partial charge in [-0.05, 0) is 25.2 Å². The molecule has 1 saturated carbocycles. The standard InChI is InChI=1S/C12H20O4/c1-8(2)12(11(15)16-3)6-4-5-9(7-12)10(13)14/h8-9H,4-7H2,1-3H3,(H,13,14). The van der Waals surface area contributed by atoms with Crippen molar-refractivity contribution in [3.05, 3.63) is 0 Å². The van der Waals surface area contributed by atoms with Crippen LogP contribution in [0.1, 0.15) is 39.5 Å². The van der Waals surface area contributed by atoms with Gasteiger partial charge in [-0.3, -0.25) is 9.59 Å². The molecule has 1 aliphatic carbocycles. The lowest BCUT2D eigenvalue weighted by Crippen LogP contribution is -2.43. The van der Waals surface area contributed by atoms with Crippen LogP contribution >= 0.6 is 0 Å². The lowest BCUT2D eigenvalue weighted by molar-refractivity contribution is -0.162. The van der Waals surface area contributed by atoms with Gasteiger partial charge in [-0.2, -0.15) is 0 Å². The third-order valence-corrected chi connectivity index (χ3v) is 3.83. The second-order valence-corrected chi connectivity index (χ2v) is 4.93. The molecule has 2 atom stereocenters. The van der Waals surface area contributed by atoms with Crippen LogP contribution in [-0.2, 0) is 14.3 Å². The van der Waals surface area contributed by atoms with Gasteiger partial charge in [-0.1, -0.05) is 20.3 Å². The lowest BCUT2D eigenvalue weighted by Gasteiger charge is -2.40. The van der Waals surface area contributed by atoms with Gasteiger partial charge in [0.2, 0.25) is 0 Å². The first-order valence-electron chi connectivity index (χ1n) is 5.75. The highest BCUT2D eigenvalue weighted by Gasteiger charge is 2.47. The van der Waals surface area contributed by atoms with Crippen LogP contribution in [0.25, 0.3) is 0 Å². The van der Waals surface area contributed by atoms with Crippen LogP contribution in [0.3, 0.4) is 0 Å². The number of methoxy groups -OCH3 is 1. The number of carboxylic acids is 1. The third kappa shape index (κ3) is 2.20. The number of hydrogen-bond donors (Lipinski definition) is 1. The molecule has 1 aliphatic rings. The van der Waals surface area contributed by atoms with E-state index in [4.69, 9.17) is 9.84 Å². The van der Waals surface area contributed by atoms with E-state index in [1.165, 1.54) is 7.11 Å². The van der Waals surface area contributed by atoms with Crippen molar-refractivity contribution in [2.45, 2.75) is 39.5 Å². The molecular weight excluding hydrogens is 208 g/mol. The molecule has 0 aromatic rings. The van der Waals surface area contributed by atoms with E-state index >= 15 is 0 Å². The fraction of sp³-hybridized carbons (Fsp3) is 0.833. The average molecular weight is 228 g/mol. The van der Waals surface area contributed by atoms with Gasteiger partial charge in [0, 0.05) is 0 Å². The molecule has 0 amide bonds. The molecule has 0 heterocycles. The second-order valence-electron chi connectivity index (χ2n) is 4.93. The maximum atomic E-state index is 11.9. The van der Waals surface area contributed by atoms with Crippen molar-refractivity contribution >= 4 is 11.9 Å². The van der Waals surface area contributed by atoms with Crippen LogP contribution in [0.15, 0.2) is 0 Å². The molecule has 0 saturated heterocycles. The summed E-state index contributed by atoms with van der Waals surface area (Å²) >= 11 is 0. The Morgan fingerprint density at radius 2 is 2.06 bits per heavy atom. The first-order chi connectivity index (χ1) is 7.44. The van der Waals surface area contributed by atoms with E-state index in [1.54, 1.807) is 0 Å². The molecule has 92 valence electrons. The summed E-state index contributed by atoms with van der Waals surface area (Å²) in [7, 11) is 1.37. The number of carbonyl (C=O) groups excluding carboxylic acids is 1. The molecular formula is C12H20O4. The predicted molar refractivity (Wildman–Crippen MR) is 58.9 cm³/mol. The van der Waals surface area contributed by atoms with Crippen molar-refractivity contribution < 1.29 is 19.4 Å². The summed E-state index contributed by atoms with van der Waals surface area (Å²) < 4.78 is 4.85. The Balaban J connectivity index is 2.93. The van der Waals surface area contributed by atoms with E-state index in [9.17, 15) is 9.59 Å². The maximum Gasteiger partial charge on any atom is 0.312 e. The maximum absolute atomic E-state index is 11.9. The largest absolute Gasteiger partial charge is 0.481 e. The Morgan fingerprint density at radius 3 is 2.50 bits per heavy atom. The van der Waals surface area contributed by atoms with E-state index in [1.807, 2.05) is 13.8 Å². The van der Waals surface area contributed by atoms with Crippen LogP contribution in [0.5, 0.6) is 0 Å². The number of ether oxygens (including phenoxy) is 1. The summed E-state index contributed by atoms with van der Waals surface area (Å²) in [6.07, 6.45) is 2.60. The minimum Gasteiger partial charge on any atom is -0.481 e. The van der Waals surface area contributed by atoms with Crippen molar-refractivity contribution in [2.75, 3.05) is 7.11 Å². The minimum atomic E-state index is -0.798. The van der Waals surface area contributed by atoms with Crippen molar-refractivity contribution in [3.63, 3.8) is 0 Å². The predicted octanol–water partition coefficient (Wildman–Crippen LogP) is 2.08. The van der Waals surface area contributed by atoms with E-state index in [-0.39, 0.29) is 11.9 Å². The molecule has 0 bridgehead atoms. The van der Waals surface area contributed by atoms with Crippen molar-refractivity contribution in [3.8, 4) is 0 Å². The first kappa shape index (κ1) is 13.0. The Bertz CT molecular complexity index is 285. The highest BCUT2D eigenvalue weighted by Crippen LogP contribution is 2.45. The number of aliphatic carboxylic acids is 1. The van der Waals surface area contributed by atoms with Crippen molar-refractivity contribution in [1.82, 2.24) is 0 Å². The molecule has 1 fully saturated rings. The summed E-state index contributed by atoms with van der Waals surface area (Å²) in [6, 6.07) is 0. The van der Waals surface area contributed by atoms with Crippen LogP contribution in [-0.4, -0.2) is 24.2 Å². The Hall–Kier alpha value is -1.06. The van der Waals surface area contributed by atoms with E-state index in [2.05, 4.69) is 0 Å². The highest BCUT2D eigenvalue weighted by atomic mass is 16.5. The van der Waals surface area contributed by atoms with Gasteiger partial charge < -0.3 is 9.84 Å². The zero-order valence-electron chi connectivity index (χ0n) is 10.2. The topological polar surface area (TPSA) is 63.6 Å². The summed E-state index contributed by atoms with van der Waals surface area (Å²) in [4.78, 5) is 22.9. The molecule has 4 heteroatoms. The van der Waals surface area contributed by atoms with Gasteiger partial charge in [-0.25, -0.2) is 0 Å². The van der Waals surface area contributed by atoms with Crippen LogP contribution in [0.2, 0.25) is 0 Å². The van der Waals surface area contributed by atoms with E-state index in [0.717, 1.165) is 12.8 Å². The molecule has 16 heavy (non-hydrogen) atoms. The quantitative estimate of drug-likeness (QED) is 0.751. The second kappa shape index (κ2) is 4.85. The molecule has 0 aromatic heterocycles. The number of hydrogen-bond acceptors (Lipinski definition) is 3. The van der Waals surface area contributed by atoms with Gasteiger partial charge in [-0.15, -0.1) is 0 Å². The van der Waals surface area contributed by atoms with Gasteiger partial charge in [0.25, 0.3) is 0 Å². The number of esters is 1. The number of rotatable bonds is 3. The zero-order chi connectivity index (χ0) is 12.3. The molecule has 0 radical (unpaired) electrons. The fourth-order valence-corrected chi connectivity index (χ4v) is 2.67. The number of carbonyl (C=O) groups is 2. The first-order valence-corrected chi connectivity index (χ1v) is 5.75. The van der Waals surface area contributed by atoms with E-state index in [0.29, 0.717) is 12.8 Å². The molecule has 0 aromatic carbocycles. The molecule has 2 unspecified atom stereocenters. The van der Waals surface area contributed by atoms with Crippen LogP contribution in [0.4, 0.5) is 0 Å². The van der Waals surface area contributed by atoms with Crippen molar-refractivity contribution in [1.29, 1.82) is 0 Å². The summed E-state index contributed by atoms with van der Waals surface area (Å²) in [6.45, 7) is 3.92. The van der Waals surface area contributed by atoms with Crippen molar-refractivity contribution in [2.24, 2.45) is 17.3 Å². The van der Waals surface area contributed by atoms with E-state index < -0.39 is 17.3 Å². The Morgan fingerprint density at radius 1 is 1.44 bits per heavy atom. The van der Waals surface area contributed by atoms with Crippen LogP contribution < -0.4 is 0 Å². The SMILES string of the molecule is COC(=O)C1(C(C)C)CCCC(C(=O)O)C1. The van der Waals surface area contributed by atoms with Gasteiger partial charge in [0.05, 0.1) is 18.4 Å². The minimum absolute atomic E-state index is 0.113. The third-order valence-electron chi connectivity index (χ3n) is 3.83. The molecule has 1 rings (SSSR count). The summed E-state index contributed by atoms with van der Waals surface area (Å²) in [5.74, 6) is -1.35. The normalized spacial score (nSPS) is 30.1. The zero-order valence-corrected chi connectivity index (χ0v) is 10.2. The average Bonchev–Trinajstić information content (AvgIpc) is 2.27. The Kier molecular flexibility index (Phi) is 3.94. The molecule has 1 N–H and O–H groups in total. The lowest BCUT2D eigenvalue weighted by atomic mass is 9.63. The smallest absolute Gasteiger partial charge is 0.312 e. The highest BCUT2D eigenvalue weighted by molar-refractivity contribution is 5.79. The van der Waals surface area contributed by atoms with Gasteiger partial charge in [0.1, 0.15) is 0 Å². The fourth-order valence-electron chi connectivity index (χ4n) is 2.67. The molecule has 0 aliphatic heterocycles. The van der Waals surface area contributed by atoms with Crippen LogP contribution in [0, 0.1) is 17.3 Å². The van der Waals surface area contributed by atoms with Gasteiger partial charge in [0.15, 0.2) is 0 Å². The number of carboxylic acid groups (broad SMARTS) is 1. The molecule has 4 nitrogen and oxygen atoms in total. The summed E-state index contributed by atoms with van der Waals surface area (Å²) in [5.41, 5.74) is -0.601.